The summed E-state index contributed by atoms with van der Waals surface area (Å²) in [4.78, 5) is 11.3. The number of ether oxygens (including phenoxy) is 2. The van der Waals surface area contributed by atoms with Crippen molar-refractivity contribution in [1.29, 1.82) is 0 Å². The molecule has 0 bridgehead atoms. The molecule has 1 aromatic carbocycles. The molecule has 0 unspecified atom stereocenters. The van der Waals surface area contributed by atoms with Gasteiger partial charge in [0.25, 0.3) is 0 Å². The number of nitrogens with zero attached hydrogens (tertiary/aromatic N) is 5. The number of aromatic nitrogens is 3. The molecule has 1 fully saturated rings. The van der Waals surface area contributed by atoms with Crippen molar-refractivity contribution < 1.29 is 9.47 Å². The molecular weight excluding hydrogens is 370 g/mol. The number of hydrogen-bond acceptors (Lipinski definition) is 6. The van der Waals surface area contributed by atoms with E-state index in [1.807, 2.05) is 32.2 Å². The van der Waals surface area contributed by atoms with Crippen LogP contribution in [0.25, 0.3) is 0 Å². The molecule has 1 saturated heterocycles. The fourth-order valence-corrected chi connectivity index (χ4v) is 3.03. The second kappa shape index (κ2) is 11.4. The molecule has 0 amide bonds. The van der Waals surface area contributed by atoms with Crippen molar-refractivity contribution in [3.8, 4) is 5.75 Å². The maximum absolute atomic E-state index is 6.05. The van der Waals surface area contributed by atoms with Gasteiger partial charge in [-0.3, -0.25) is 9.58 Å². The van der Waals surface area contributed by atoms with Crippen LogP contribution in [-0.4, -0.2) is 71.6 Å². The second-order valence-corrected chi connectivity index (χ2v) is 6.76. The fourth-order valence-electron chi connectivity index (χ4n) is 3.03. The number of morpholine rings is 1. The van der Waals surface area contributed by atoms with Gasteiger partial charge in [-0.05, 0) is 13.0 Å². The van der Waals surface area contributed by atoms with Crippen molar-refractivity contribution >= 4 is 5.96 Å². The number of guanidine groups is 1. The monoisotopic (exact) mass is 401 g/mol. The third kappa shape index (κ3) is 6.72. The zero-order valence-corrected chi connectivity index (χ0v) is 17.3. The Morgan fingerprint density at radius 2 is 2.07 bits per heavy atom. The van der Waals surface area contributed by atoms with Crippen molar-refractivity contribution in [2.24, 2.45) is 12.0 Å². The SMILES string of the molecule is CCNC(=NCc1ccccc1OCCN1CCOCC1)NCc1ncnn1C. The molecule has 158 valence electrons. The Morgan fingerprint density at radius 3 is 2.83 bits per heavy atom. The maximum Gasteiger partial charge on any atom is 0.191 e. The van der Waals surface area contributed by atoms with Crippen molar-refractivity contribution in [3.63, 3.8) is 0 Å². The summed E-state index contributed by atoms with van der Waals surface area (Å²) in [6, 6.07) is 8.07. The van der Waals surface area contributed by atoms with Gasteiger partial charge in [0, 0.05) is 38.8 Å². The fraction of sp³-hybridized carbons (Fsp3) is 0.550. The third-order valence-electron chi connectivity index (χ3n) is 4.71. The number of aliphatic imine (C=N–C) groups is 1. The standard InChI is InChI=1S/C20H31N7O2/c1-3-21-20(23-15-19-24-16-25-26(19)2)22-14-17-6-4-5-7-18(17)29-13-10-27-8-11-28-12-9-27/h4-7,16H,3,8-15H2,1-2H3,(H2,21,22,23). The van der Waals surface area contributed by atoms with Gasteiger partial charge >= 0.3 is 0 Å². The molecule has 0 saturated carbocycles. The van der Waals surface area contributed by atoms with E-state index in [0.717, 1.165) is 62.5 Å². The summed E-state index contributed by atoms with van der Waals surface area (Å²) in [5.74, 6) is 2.47. The minimum Gasteiger partial charge on any atom is -0.492 e. The van der Waals surface area contributed by atoms with Crippen molar-refractivity contribution in [3.05, 3.63) is 42.0 Å². The predicted molar refractivity (Wildman–Crippen MR) is 112 cm³/mol. The highest BCUT2D eigenvalue weighted by molar-refractivity contribution is 5.79. The van der Waals surface area contributed by atoms with Gasteiger partial charge in [0.1, 0.15) is 24.5 Å². The molecule has 29 heavy (non-hydrogen) atoms. The smallest absolute Gasteiger partial charge is 0.191 e. The molecule has 1 aliphatic rings. The molecule has 1 aromatic heterocycles. The van der Waals surface area contributed by atoms with E-state index >= 15 is 0 Å². The molecule has 9 nitrogen and oxygen atoms in total. The largest absolute Gasteiger partial charge is 0.492 e. The number of nitrogens with one attached hydrogen (secondary N) is 2. The maximum atomic E-state index is 6.05. The molecule has 0 spiro atoms. The first kappa shape index (κ1) is 21.1. The summed E-state index contributed by atoms with van der Waals surface area (Å²) >= 11 is 0. The van der Waals surface area contributed by atoms with Gasteiger partial charge in [0.2, 0.25) is 0 Å². The minimum atomic E-state index is 0.530. The number of rotatable bonds is 9. The Bertz CT molecular complexity index is 772. The number of benzene rings is 1. The zero-order valence-electron chi connectivity index (χ0n) is 17.3. The number of hydrogen-bond donors (Lipinski definition) is 2. The molecule has 0 atom stereocenters. The molecule has 1 aliphatic heterocycles. The van der Waals surface area contributed by atoms with Crippen LogP contribution in [-0.2, 0) is 24.9 Å². The highest BCUT2D eigenvalue weighted by atomic mass is 16.5. The first-order chi connectivity index (χ1) is 14.3. The van der Waals surface area contributed by atoms with Crippen LogP contribution in [0, 0.1) is 0 Å². The van der Waals surface area contributed by atoms with Crippen molar-refractivity contribution in [2.45, 2.75) is 20.0 Å². The van der Waals surface area contributed by atoms with E-state index in [1.54, 1.807) is 11.0 Å². The van der Waals surface area contributed by atoms with E-state index in [1.165, 1.54) is 0 Å². The summed E-state index contributed by atoms with van der Waals surface area (Å²) in [6.45, 7) is 9.03. The second-order valence-electron chi connectivity index (χ2n) is 6.76. The highest BCUT2D eigenvalue weighted by Gasteiger charge is 2.11. The van der Waals surface area contributed by atoms with Crippen LogP contribution in [0.15, 0.2) is 35.6 Å². The van der Waals surface area contributed by atoms with Crippen molar-refractivity contribution in [1.82, 2.24) is 30.3 Å². The Balaban J connectivity index is 1.54. The van der Waals surface area contributed by atoms with Crippen LogP contribution in [0.4, 0.5) is 0 Å². The minimum absolute atomic E-state index is 0.530. The normalized spacial score (nSPS) is 15.3. The lowest BCUT2D eigenvalue weighted by molar-refractivity contribution is 0.0322. The Labute approximate surface area is 172 Å². The molecule has 2 aromatic rings. The van der Waals surface area contributed by atoms with Gasteiger partial charge in [-0.25, -0.2) is 9.98 Å². The highest BCUT2D eigenvalue weighted by Crippen LogP contribution is 2.19. The lowest BCUT2D eigenvalue weighted by atomic mass is 10.2. The van der Waals surface area contributed by atoms with Crippen LogP contribution < -0.4 is 15.4 Å². The molecule has 2 heterocycles. The van der Waals surface area contributed by atoms with Gasteiger partial charge in [-0.2, -0.15) is 5.10 Å². The van der Waals surface area contributed by atoms with E-state index in [2.05, 4.69) is 31.7 Å². The zero-order chi connectivity index (χ0) is 20.3. The first-order valence-corrected chi connectivity index (χ1v) is 10.1. The lowest BCUT2D eigenvalue weighted by Gasteiger charge is -2.26. The Morgan fingerprint density at radius 1 is 1.24 bits per heavy atom. The van der Waals surface area contributed by atoms with Gasteiger partial charge < -0.3 is 20.1 Å². The van der Waals surface area contributed by atoms with E-state index < -0.39 is 0 Å². The lowest BCUT2D eigenvalue weighted by Crippen LogP contribution is -2.38. The Kier molecular flexibility index (Phi) is 8.26. The molecule has 0 aliphatic carbocycles. The average Bonchev–Trinajstić information content (AvgIpc) is 3.16. The van der Waals surface area contributed by atoms with Crippen LogP contribution in [0.1, 0.15) is 18.3 Å². The van der Waals surface area contributed by atoms with Crippen LogP contribution in [0.3, 0.4) is 0 Å². The summed E-state index contributed by atoms with van der Waals surface area (Å²) in [5, 5.41) is 10.6. The van der Waals surface area contributed by atoms with Crippen LogP contribution >= 0.6 is 0 Å². The summed E-state index contributed by atoms with van der Waals surface area (Å²) in [7, 11) is 1.87. The summed E-state index contributed by atoms with van der Waals surface area (Å²) < 4.78 is 13.2. The van der Waals surface area contributed by atoms with Gasteiger partial charge in [-0.15, -0.1) is 0 Å². The van der Waals surface area contributed by atoms with E-state index in [9.17, 15) is 0 Å². The van der Waals surface area contributed by atoms with Crippen LogP contribution in [0.2, 0.25) is 0 Å². The predicted octanol–water partition coefficient (Wildman–Crippen LogP) is 0.781. The number of para-hydroxylation sites is 1. The van der Waals surface area contributed by atoms with E-state index in [0.29, 0.717) is 19.7 Å². The molecule has 9 heteroatoms. The summed E-state index contributed by atoms with van der Waals surface area (Å²) in [5.41, 5.74) is 1.06. The van der Waals surface area contributed by atoms with Gasteiger partial charge in [0.05, 0.1) is 26.3 Å². The van der Waals surface area contributed by atoms with E-state index in [-0.39, 0.29) is 0 Å². The van der Waals surface area contributed by atoms with E-state index in [4.69, 9.17) is 14.5 Å². The topological polar surface area (TPSA) is 88.8 Å². The van der Waals surface area contributed by atoms with Crippen molar-refractivity contribution in [2.75, 3.05) is 46.0 Å². The van der Waals surface area contributed by atoms with Gasteiger partial charge in [-0.1, -0.05) is 18.2 Å². The third-order valence-corrected chi connectivity index (χ3v) is 4.71. The quantitative estimate of drug-likeness (QED) is 0.474. The number of aryl methyl sites for hydroxylation is 1. The summed E-state index contributed by atoms with van der Waals surface area (Å²) in [6.07, 6.45) is 1.55. The average molecular weight is 402 g/mol. The molecule has 2 N–H and O–H groups in total. The van der Waals surface area contributed by atoms with Gasteiger partial charge in [0.15, 0.2) is 5.96 Å². The molecule has 3 rings (SSSR count). The Hall–Kier alpha value is -2.65. The van der Waals surface area contributed by atoms with Crippen LogP contribution in [0.5, 0.6) is 5.75 Å². The first-order valence-electron chi connectivity index (χ1n) is 10.1. The molecule has 0 radical (unpaired) electrons. The molecular formula is C20H31N7O2.